The number of hydrogen-bond donors (Lipinski definition) is 1. The van der Waals surface area contributed by atoms with Crippen molar-refractivity contribution in [2.75, 3.05) is 26.6 Å². The fourth-order valence-corrected chi connectivity index (χ4v) is 5.05. The first kappa shape index (κ1) is 24.3. The lowest BCUT2D eigenvalue weighted by atomic mass is 10.1. The maximum Gasteiger partial charge on any atom is 0.332 e. The zero-order valence-corrected chi connectivity index (χ0v) is 21.2. The van der Waals surface area contributed by atoms with Crippen molar-refractivity contribution >= 4 is 45.3 Å². The first-order valence-corrected chi connectivity index (χ1v) is 11.6. The second kappa shape index (κ2) is 9.42. The Morgan fingerprint density at radius 2 is 1.63 bits per heavy atom. The zero-order valence-electron chi connectivity index (χ0n) is 19.6. The Kier molecular flexibility index (Phi) is 6.53. The summed E-state index contributed by atoms with van der Waals surface area (Å²) in [6, 6.07) is 3.05. The molecule has 1 N–H and O–H groups in total. The predicted octanol–water partition coefficient (Wildman–Crippen LogP) is 1.25. The molecule has 4 rings (SSSR count). The standard InChI is InChI=1S/C20H21N7O6S2/c1-25-12-14(26(2)20(30)27(3)16(12)29)21-18(25)35-19-24-23-17(34-19)22-15(28)9-7-10(31-4)13(33-6)11(8-9)32-5/h7-8H,1-6H3,(H,22,23,28). The molecule has 15 heteroatoms. The van der Waals surface area contributed by atoms with Crippen molar-refractivity contribution in [3.63, 3.8) is 0 Å². The number of nitrogens with zero attached hydrogens (tertiary/aromatic N) is 6. The Bertz CT molecular complexity index is 1540. The molecular weight excluding hydrogens is 498 g/mol. The molecule has 0 unspecified atom stereocenters. The van der Waals surface area contributed by atoms with E-state index in [0.717, 1.165) is 27.7 Å². The molecule has 3 aromatic heterocycles. The summed E-state index contributed by atoms with van der Waals surface area (Å²) in [4.78, 5) is 42.0. The fraction of sp³-hybridized carbons (Fsp3) is 0.300. The van der Waals surface area contributed by atoms with Gasteiger partial charge in [0.25, 0.3) is 11.5 Å². The molecule has 1 aromatic carbocycles. The van der Waals surface area contributed by atoms with Gasteiger partial charge in [-0.1, -0.05) is 11.3 Å². The SMILES string of the molecule is COc1cc(C(=O)Nc2nnc(Sc3nc4c(c(=O)n(C)c(=O)n4C)n3C)s2)cc(OC)c1OC. The van der Waals surface area contributed by atoms with Gasteiger partial charge < -0.3 is 18.8 Å². The Balaban J connectivity index is 1.59. The molecule has 0 atom stereocenters. The number of fused-ring (bicyclic) bond motifs is 1. The van der Waals surface area contributed by atoms with E-state index in [0.29, 0.717) is 26.7 Å². The van der Waals surface area contributed by atoms with E-state index in [1.165, 1.54) is 45.1 Å². The summed E-state index contributed by atoms with van der Waals surface area (Å²) in [6.07, 6.45) is 0. The van der Waals surface area contributed by atoms with Crippen molar-refractivity contribution in [2.24, 2.45) is 21.1 Å². The van der Waals surface area contributed by atoms with Gasteiger partial charge >= 0.3 is 5.69 Å². The van der Waals surface area contributed by atoms with Crippen LogP contribution in [0.2, 0.25) is 0 Å². The number of methoxy groups -OCH3 is 3. The van der Waals surface area contributed by atoms with Gasteiger partial charge in [0.2, 0.25) is 10.9 Å². The van der Waals surface area contributed by atoms with Crippen LogP contribution in [0, 0.1) is 0 Å². The van der Waals surface area contributed by atoms with Crippen molar-refractivity contribution in [2.45, 2.75) is 9.50 Å². The topological polar surface area (TPSA) is 144 Å². The number of anilines is 1. The largest absolute Gasteiger partial charge is 0.493 e. The Morgan fingerprint density at radius 1 is 0.971 bits per heavy atom. The maximum absolute atomic E-state index is 12.8. The average molecular weight is 520 g/mol. The Labute approximate surface area is 206 Å². The van der Waals surface area contributed by atoms with Crippen LogP contribution in [0.25, 0.3) is 11.2 Å². The summed E-state index contributed by atoms with van der Waals surface area (Å²) in [5.41, 5.74) is -0.0810. The summed E-state index contributed by atoms with van der Waals surface area (Å²) in [7, 11) is 9.04. The molecule has 1 amide bonds. The van der Waals surface area contributed by atoms with Crippen LogP contribution in [0.5, 0.6) is 17.2 Å². The fourth-order valence-electron chi connectivity index (χ4n) is 3.35. The number of aryl methyl sites for hydroxylation is 2. The van der Waals surface area contributed by atoms with Crippen LogP contribution in [0.4, 0.5) is 5.13 Å². The number of nitrogens with one attached hydrogen (secondary N) is 1. The summed E-state index contributed by atoms with van der Waals surface area (Å²) >= 11 is 2.28. The van der Waals surface area contributed by atoms with Crippen LogP contribution in [-0.4, -0.2) is 56.1 Å². The summed E-state index contributed by atoms with van der Waals surface area (Å²) in [6.45, 7) is 0. The third kappa shape index (κ3) is 4.23. The van der Waals surface area contributed by atoms with Crippen molar-refractivity contribution in [1.29, 1.82) is 0 Å². The van der Waals surface area contributed by atoms with Gasteiger partial charge in [0.05, 0.1) is 21.3 Å². The second-order valence-corrected chi connectivity index (χ2v) is 9.37. The number of carbonyl (C=O) groups is 1. The lowest BCUT2D eigenvalue weighted by Gasteiger charge is -2.13. The lowest BCUT2D eigenvalue weighted by molar-refractivity contribution is 0.102. The van der Waals surface area contributed by atoms with Gasteiger partial charge in [-0.15, -0.1) is 10.2 Å². The molecule has 0 aliphatic rings. The number of imidazole rings is 1. The molecule has 184 valence electrons. The number of aromatic nitrogens is 6. The second-order valence-electron chi connectivity index (χ2n) is 7.17. The molecule has 0 fully saturated rings. The van der Waals surface area contributed by atoms with E-state index in [9.17, 15) is 14.4 Å². The predicted molar refractivity (Wildman–Crippen MR) is 129 cm³/mol. The summed E-state index contributed by atoms with van der Waals surface area (Å²) < 4.78 is 20.3. The van der Waals surface area contributed by atoms with Crippen LogP contribution in [-0.2, 0) is 21.1 Å². The number of amides is 1. The highest BCUT2D eigenvalue weighted by Crippen LogP contribution is 2.38. The minimum atomic E-state index is -0.468. The van der Waals surface area contributed by atoms with E-state index in [2.05, 4.69) is 20.5 Å². The van der Waals surface area contributed by atoms with Gasteiger partial charge in [0.15, 0.2) is 32.2 Å². The van der Waals surface area contributed by atoms with E-state index < -0.39 is 17.2 Å². The number of benzene rings is 1. The zero-order chi connectivity index (χ0) is 25.4. The molecule has 0 aliphatic carbocycles. The molecule has 13 nitrogen and oxygen atoms in total. The first-order valence-electron chi connectivity index (χ1n) is 9.95. The normalized spacial score (nSPS) is 11.0. The van der Waals surface area contributed by atoms with Gasteiger partial charge in [-0.2, -0.15) is 0 Å². The molecule has 0 bridgehead atoms. The first-order chi connectivity index (χ1) is 16.7. The van der Waals surface area contributed by atoms with Crippen LogP contribution in [0.15, 0.2) is 31.2 Å². The van der Waals surface area contributed by atoms with Crippen LogP contribution in [0.1, 0.15) is 10.4 Å². The quantitative estimate of drug-likeness (QED) is 0.354. The van der Waals surface area contributed by atoms with Crippen LogP contribution in [0.3, 0.4) is 0 Å². The highest BCUT2D eigenvalue weighted by molar-refractivity contribution is 8.01. The third-order valence-electron chi connectivity index (χ3n) is 5.17. The van der Waals surface area contributed by atoms with Gasteiger partial charge in [0.1, 0.15) is 0 Å². The van der Waals surface area contributed by atoms with E-state index >= 15 is 0 Å². The van der Waals surface area contributed by atoms with Crippen molar-refractivity contribution in [1.82, 2.24) is 28.9 Å². The molecule has 0 aliphatic heterocycles. The minimum absolute atomic E-state index is 0.258. The molecule has 3 heterocycles. The van der Waals surface area contributed by atoms with Gasteiger partial charge in [-0.05, 0) is 23.9 Å². The van der Waals surface area contributed by atoms with Crippen LogP contribution < -0.4 is 30.8 Å². The van der Waals surface area contributed by atoms with Crippen molar-refractivity contribution in [3.8, 4) is 17.2 Å². The van der Waals surface area contributed by atoms with Gasteiger partial charge in [-0.25, -0.2) is 9.78 Å². The number of ether oxygens (including phenoxy) is 3. The highest BCUT2D eigenvalue weighted by Gasteiger charge is 2.21. The number of rotatable bonds is 7. The van der Waals surface area contributed by atoms with Crippen LogP contribution >= 0.6 is 23.1 Å². The van der Waals surface area contributed by atoms with E-state index in [4.69, 9.17) is 14.2 Å². The summed E-state index contributed by atoms with van der Waals surface area (Å²) in [5, 5.41) is 11.5. The molecule has 0 saturated carbocycles. The molecule has 35 heavy (non-hydrogen) atoms. The number of hydrogen-bond acceptors (Lipinski definition) is 11. The van der Waals surface area contributed by atoms with Gasteiger partial charge in [0, 0.05) is 26.7 Å². The smallest absolute Gasteiger partial charge is 0.332 e. The average Bonchev–Trinajstić information content (AvgIpc) is 3.44. The number of carbonyl (C=O) groups excluding carboxylic acids is 1. The third-order valence-corrected chi connectivity index (χ3v) is 7.10. The van der Waals surface area contributed by atoms with E-state index in [-0.39, 0.29) is 21.9 Å². The molecule has 0 spiro atoms. The lowest BCUT2D eigenvalue weighted by Crippen LogP contribution is -2.37. The minimum Gasteiger partial charge on any atom is -0.493 e. The molecule has 4 aromatic rings. The van der Waals surface area contributed by atoms with E-state index in [1.54, 1.807) is 18.7 Å². The molecular formula is C20H21N7O6S2. The maximum atomic E-state index is 12.8. The molecule has 0 radical (unpaired) electrons. The van der Waals surface area contributed by atoms with Crippen molar-refractivity contribution in [3.05, 3.63) is 38.5 Å². The van der Waals surface area contributed by atoms with Crippen molar-refractivity contribution < 1.29 is 19.0 Å². The molecule has 0 saturated heterocycles. The Morgan fingerprint density at radius 3 is 2.23 bits per heavy atom. The highest BCUT2D eigenvalue weighted by atomic mass is 32.2. The summed E-state index contributed by atoms with van der Waals surface area (Å²) in [5.74, 6) is 0.606. The van der Waals surface area contributed by atoms with E-state index in [1.807, 2.05) is 0 Å². The van der Waals surface area contributed by atoms with Gasteiger partial charge in [-0.3, -0.25) is 24.0 Å². The Hall–Kier alpha value is -3.85. The monoisotopic (exact) mass is 519 g/mol.